The molecule has 1 aromatic carbocycles. The van der Waals surface area contributed by atoms with E-state index >= 15 is 0 Å². The quantitative estimate of drug-likeness (QED) is 0.842. The van der Waals surface area contributed by atoms with Crippen molar-refractivity contribution in [1.29, 1.82) is 0 Å². The molecule has 5 heteroatoms. The van der Waals surface area contributed by atoms with Crippen LogP contribution in [-0.2, 0) is 9.59 Å². The van der Waals surface area contributed by atoms with Gasteiger partial charge < -0.3 is 10.2 Å². The molecule has 1 heterocycles. The maximum atomic E-state index is 11.5. The second-order valence-electron chi connectivity index (χ2n) is 5.45. The number of carboxylic acid groups (broad SMARTS) is 2. The van der Waals surface area contributed by atoms with E-state index in [0.29, 0.717) is 19.4 Å². The van der Waals surface area contributed by atoms with Crippen LogP contribution in [0.2, 0.25) is 0 Å². The Hall–Kier alpha value is -1.88. The lowest BCUT2D eigenvalue weighted by Crippen LogP contribution is -2.46. The zero-order valence-electron chi connectivity index (χ0n) is 11.9. The first-order chi connectivity index (χ1) is 10.1. The molecule has 2 rings (SSSR count). The Morgan fingerprint density at radius 2 is 1.90 bits per heavy atom. The van der Waals surface area contributed by atoms with Crippen molar-refractivity contribution in [2.75, 3.05) is 6.54 Å². The summed E-state index contributed by atoms with van der Waals surface area (Å²) < 4.78 is 0. The molecule has 0 bridgehead atoms. The predicted octanol–water partition coefficient (Wildman–Crippen LogP) is 2.53. The Morgan fingerprint density at radius 3 is 2.52 bits per heavy atom. The molecule has 2 atom stereocenters. The number of benzene rings is 1. The molecule has 2 unspecified atom stereocenters. The van der Waals surface area contributed by atoms with Crippen LogP contribution in [-0.4, -0.2) is 39.6 Å². The Balaban J connectivity index is 2.24. The van der Waals surface area contributed by atoms with Gasteiger partial charge in [0.15, 0.2) is 0 Å². The minimum absolute atomic E-state index is 0.0440. The molecule has 0 spiro atoms. The standard InChI is InChI=1S/C16H21NO4/c18-15(19)10-9-13(12-6-2-1-3-7-12)17-11-5-4-8-14(17)16(20)21/h1-3,6-7,13-14H,4-5,8-11H2,(H,18,19)(H,20,21). The number of carbonyl (C=O) groups is 2. The van der Waals surface area contributed by atoms with Crippen LogP contribution in [0.15, 0.2) is 30.3 Å². The topological polar surface area (TPSA) is 77.8 Å². The van der Waals surface area contributed by atoms with Gasteiger partial charge in [0, 0.05) is 12.5 Å². The van der Waals surface area contributed by atoms with Crippen LogP contribution in [0.3, 0.4) is 0 Å². The first-order valence-electron chi connectivity index (χ1n) is 7.35. The SMILES string of the molecule is O=C(O)CCC(c1ccccc1)N1CCCCC1C(=O)O. The highest BCUT2D eigenvalue weighted by Crippen LogP contribution is 2.32. The van der Waals surface area contributed by atoms with E-state index in [1.165, 1.54) is 0 Å². The summed E-state index contributed by atoms with van der Waals surface area (Å²) in [5.41, 5.74) is 0.993. The molecule has 5 nitrogen and oxygen atoms in total. The normalized spacial score (nSPS) is 20.9. The van der Waals surface area contributed by atoms with E-state index < -0.39 is 18.0 Å². The van der Waals surface area contributed by atoms with Crippen molar-refractivity contribution in [2.24, 2.45) is 0 Å². The summed E-state index contributed by atoms with van der Waals surface area (Å²) in [5, 5.41) is 18.4. The van der Waals surface area contributed by atoms with Crippen LogP contribution >= 0.6 is 0 Å². The lowest BCUT2D eigenvalue weighted by atomic mass is 9.93. The average Bonchev–Trinajstić information content (AvgIpc) is 2.48. The van der Waals surface area contributed by atoms with Gasteiger partial charge in [0.05, 0.1) is 0 Å². The van der Waals surface area contributed by atoms with Crippen LogP contribution in [0.25, 0.3) is 0 Å². The molecule has 1 saturated heterocycles. The van der Waals surface area contributed by atoms with E-state index in [0.717, 1.165) is 18.4 Å². The van der Waals surface area contributed by atoms with Gasteiger partial charge in [-0.3, -0.25) is 14.5 Å². The number of aliphatic carboxylic acids is 2. The van der Waals surface area contributed by atoms with Gasteiger partial charge in [0.2, 0.25) is 0 Å². The third kappa shape index (κ3) is 4.04. The maximum Gasteiger partial charge on any atom is 0.320 e. The molecular formula is C16H21NO4. The van der Waals surface area contributed by atoms with Gasteiger partial charge >= 0.3 is 11.9 Å². The molecule has 0 aromatic heterocycles. The van der Waals surface area contributed by atoms with Gasteiger partial charge in [-0.2, -0.15) is 0 Å². The van der Waals surface area contributed by atoms with E-state index in [4.69, 9.17) is 5.11 Å². The Morgan fingerprint density at radius 1 is 1.19 bits per heavy atom. The summed E-state index contributed by atoms with van der Waals surface area (Å²) in [7, 11) is 0. The predicted molar refractivity (Wildman–Crippen MR) is 78.0 cm³/mol. The summed E-state index contributed by atoms with van der Waals surface area (Å²) in [4.78, 5) is 24.3. The maximum absolute atomic E-state index is 11.5. The van der Waals surface area contributed by atoms with Crippen molar-refractivity contribution < 1.29 is 19.8 Å². The molecule has 0 radical (unpaired) electrons. The van der Waals surface area contributed by atoms with Crippen LogP contribution < -0.4 is 0 Å². The minimum atomic E-state index is -0.847. The molecule has 0 aliphatic carbocycles. The highest BCUT2D eigenvalue weighted by Gasteiger charge is 2.34. The largest absolute Gasteiger partial charge is 0.481 e. The van der Waals surface area contributed by atoms with E-state index in [9.17, 15) is 14.7 Å². The molecule has 21 heavy (non-hydrogen) atoms. The van der Waals surface area contributed by atoms with Crippen molar-refractivity contribution in [3.63, 3.8) is 0 Å². The number of hydrogen-bond acceptors (Lipinski definition) is 3. The Kier molecular flexibility index (Phi) is 5.33. The van der Waals surface area contributed by atoms with Crippen molar-refractivity contribution in [2.45, 2.75) is 44.2 Å². The summed E-state index contributed by atoms with van der Waals surface area (Å²) in [6.07, 6.45) is 2.98. The fourth-order valence-corrected chi connectivity index (χ4v) is 3.05. The van der Waals surface area contributed by atoms with Gasteiger partial charge in [-0.25, -0.2) is 0 Å². The molecule has 0 saturated carbocycles. The third-order valence-electron chi connectivity index (χ3n) is 4.05. The monoisotopic (exact) mass is 291 g/mol. The van der Waals surface area contributed by atoms with Crippen molar-refractivity contribution >= 4 is 11.9 Å². The number of carboxylic acids is 2. The van der Waals surface area contributed by atoms with E-state index in [1.807, 2.05) is 35.2 Å². The number of hydrogen-bond donors (Lipinski definition) is 2. The first-order valence-corrected chi connectivity index (χ1v) is 7.35. The number of rotatable bonds is 6. The lowest BCUT2D eigenvalue weighted by molar-refractivity contribution is -0.146. The van der Waals surface area contributed by atoms with Gasteiger partial charge in [-0.15, -0.1) is 0 Å². The molecule has 2 N–H and O–H groups in total. The highest BCUT2D eigenvalue weighted by molar-refractivity contribution is 5.73. The molecule has 1 fully saturated rings. The molecule has 1 aliphatic heterocycles. The van der Waals surface area contributed by atoms with Gasteiger partial charge in [-0.1, -0.05) is 36.8 Å². The average molecular weight is 291 g/mol. The van der Waals surface area contributed by atoms with Crippen LogP contribution in [0.1, 0.15) is 43.7 Å². The molecular weight excluding hydrogens is 270 g/mol. The second kappa shape index (κ2) is 7.22. The smallest absolute Gasteiger partial charge is 0.320 e. The molecule has 1 aromatic rings. The number of piperidine rings is 1. The summed E-state index contributed by atoms with van der Waals surface area (Å²) in [6, 6.07) is 8.94. The summed E-state index contributed by atoms with van der Waals surface area (Å²) in [6.45, 7) is 0.705. The fourth-order valence-electron chi connectivity index (χ4n) is 3.05. The van der Waals surface area contributed by atoms with Crippen LogP contribution in [0.4, 0.5) is 0 Å². The number of likely N-dealkylation sites (tertiary alicyclic amines) is 1. The van der Waals surface area contributed by atoms with Crippen molar-refractivity contribution in [3.8, 4) is 0 Å². The fraction of sp³-hybridized carbons (Fsp3) is 0.500. The van der Waals surface area contributed by atoms with Gasteiger partial charge in [0.25, 0.3) is 0 Å². The second-order valence-corrected chi connectivity index (χ2v) is 5.45. The summed E-state index contributed by atoms with van der Waals surface area (Å²) >= 11 is 0. The first kappa shape index (κ1) is 15.5. The van der Waals surface area contributed by atoms with Crippen LogP contribution in [0, 0.1) is 0 Å². The number of nitrogens with zero attached hydrogens (tertiary/aromatic N) is 1. The molecule has 0 amide bonds. The van der Waals surface area contributed by atoms with E-state index in [-0.39, 0.29) is 12.5 Å². The lowest BCUT2D eigenvalue weighted by Gasteiger charge is -2.39. The van der Waals surface area contributed by atoms with Crippen LogP contribution in [0.5, 0.6) is 0 Å². The summed E-state index contributed by atoms with van der Waals surface area (Å²) in [5.74, 6) is -1.66. The zero-order chi connectivity index (χ0) is 15.2. The minimum Gasteiger partial charge on any atom is -0.481 e. The third-order valence-corrected chi connectivity index (χ3v) is 4.05. The highest BCUT2D eigenvalue weighted by atomic mass is 16.4. The van der Waals surface area contributed by atoms with E-state index in [2.05, 4.69) is 0 Å². The zero-order valence-corrected chi connectivity index (χ0v) is 11.9. The van der Waals surface area contributed by atoms with E-state index in [1.54, 1.807) is 0 Å². The van der Waals surface area contributed by atoms with Gasteiger partial charge in [-0.05, 0) is 31.4 Å². The molecule has 114 valence electrons. The Labute approximate surface area is 124 Å². The Bertz CT molecular complexity index is 488. The molecule has 1 aliphatic rings. The van der Waals surface area contributed by atoms with Gasteiger partial charge in [0.1, 0.15) is 6.04 Å². The van der Waals surface area contributed by atoms with Crippen molar-refractivity contribution in [1.82, 2.24) is 4.90 Å². The van der Waals surface area contributed by atoms with Crippen molar-refractivity contribution in [3.05, 3.63) is 35.9 Å².